The summed E-state index contributed by atoms with van der Waals surface area (Å²) >= 11 is 0. The third-order valence-corrected chi connectivity index (χ3v) is 3.42. The number of rotatable bonds is 4. The minimum atomic E-state index is -0.0771. The lowest BCUT2D eigenvalue weighted by molar-refractivity contribution is 0.0949. The largest absolute Gasteiger partial charge is 0.496 e. The first-order chi connectivity index (χ1) is 8.69. The molecule has 1 N–H and O–H groups in total. The van der Waals surface area contributed by atoms with Crippen LogP contribution in [0.5, 0.6) is 11.5 Å². The number of methoxy groups -OCH3 is 2. The molecule has 1 saturated heterocycles. The second-order valence-corrected chi connectivity index (χ2v) is 4.49. The van der Waals surface area contributed by atoms with Gasteiger partial charge in [-0.05, 0) is 38.4 Å². The van der Waals surface area contributed by atoms with E-state index in [2.05, 4.69) is 5.32 Å². The van der Waals surface area contributed by atoms with Crippen LogP contribution in [0.3, 0.4) is 0 Å². The number of carbonyl (C=O) groups excluding carboxylic acids is 1. The van der Waals surface area contributed by atoms with Gasteiger partial charge in [0.1, 0.15) is 11.5 Å². The SMILES string of the molecule is COc1ccc(C(=O)C2CCCN2)c(OC)c1C. The number of ether oxygens (including phenoxy) is 2. The number of nitrogens with one attached hydrogen (secondary N) is 1. The van der Waals surface area contributed by atoms with Gasteiger partial charge in [0.2, 0.25) is 0 Å². The molecular weight excluding hydrogens is 230 g/mol. The third-order valence-electron chi connectivity index (χ3n) is 3.42. The molecule has 2 rings (SSSR count). The Bertz CT molecular complexity index is 451. The first-order valence-electron chi connectivity index (χ1n) is 6.18. The van der Waals surface area contributed by atoms with Crippen molar-refractivity contribution in [2.75, 3.05) is 20.8 Å². The van der Waals surface area contributed by atoms with Crippen molar-refractivity contribution in [1.82, 2.24) is 5.32 Å². The molecule has 1 fully saturated rings. The van der Waals surface area contributed by atoms with E-state index in [0.29, 0.717) is 11.3 Å². The summed E-state index contributed by atoms with van der Waals surface area (Å²) in [6.07, 6.45) is 1.95. The molecule has 1 heterocycles. The normalized spacial score (nSPS) is 18.7. The van der Waals surface area contributed by atoms with Crippen molar-refractivity contribution in [3.63, 3.8) is 0 Å². The topological polar surface area (TPSA) is 47.6 Å². The van der Waals surface area contributed by atoms with E-state index in [0.717, 1.165) is 30.7 Å². The molecule has 98 valence electrons. The minimum absolute atomic E-state index is 0.0771. The van der Waals surface area contributed by atoms with Crippen LogP contribution in [0.1, 0.15) is 28.8 Å². The molecule has 18 heavy (non-hydrogen) atoms. The summed E-state index contributed by atoms with van der Waals surface area (Å²) in [6, 6.07) is 3.53. The zero-order chi connectivity index (χ0) is 13.1. The lowest BCUT2D eigenvalue weighted by Crippen LogP contribution is -2.31. The van der Waals surface area contributed by atoms with E-state index < -0.39 is 0 Å². The van der Waals surface area contributed by atoms with Crippen LogP contribution in [0.15, 0.2) is 12.1 Å². The van der Waals surface area contributed by atoms with Crippen molar-refractivity contribution in [2.24, 2.45) is 0 Å². The molecule has 1 aliphatic rings. The van der Waals surface area contributed by atoms with Crippen molar-refractivity contribution in [3.05, 3.63) is 23.3 Å². The van der Waals surface area contributed by atoms with Crippen LogP contribution in [0.2, 0.25) is 0 Å². The standard InChI is InChI=1S/C14H19NO3/c1-9-12(17-2)7-6-10(14(9)18-3)13(16)11-5-4-8-15-11/h6-7,11,15H,4-5,8H2,1-3H3. The minimum Gasteiger partial charge on any atom is -0.496 e. The van der Waals surface area contributed by atoms with Crippen molar-refractivity contribution in [3.8, 4) is 11.5 Å². The summed E-state index contributed by atoms with van der Waals surface area (Å²) in [5.41, 5.74) is 1.50. The van der Waals surface area contributed by atoms with Gasteiger partial charge in [0, 0.05) is 5.56 Å². The maximum atomic E-state index is 12.4. The maximum Gasteiger partial charge on any atom is 0.183 e. The molecule has 0 amide bonds. The van der Waals surface area contributed by atoms with Gasteiger partial charge in [-0.2, -0.15) is 0 Å². The molecule has 0 bridgehead atoms. The van der Waals surface area contributed by atoms with Crippen molar-refractivity contribution in [2.45, 2.75) is 25.8 Å². The molecule has 0 aliphatic carbocycles. The molecule has 0 aromatic heterocycles. The predicted octanol–water partition coefficient (Wildman–Crippen LogP) is 1.95. The Morgan fingerprint density at radius 2 is 2.11 bits per heavy atom. The van der Waals surface area contributed by atoms with Gasteiger partial charge in [-0.25, -0.2) is 0 Å². The van der Waals surface area contributed by atoms with E-state index >= 15 is 0 Å². The molecule has 1 unspecified atom stereocenters. The first-order valence-corrected chi connectivity index (χ1v) is 6.18. The third kappa shape index (κ3) is 2.20. The van der Waals surface area contributed by atoms with E-state index in [1.54, 1.807) is 20.3 Å². The molecule has 4 heteroatoms. The maximum absolute atomic E-state index is 12.4. The van der Waals surface area contributed by atoms with Gasteiger partial charge in [-0.1, -0.05) is 0 Å². The monoisotopic (exact) mass is 249 g/mol. The van der Waals surface area contributed by atoms with Gasteiger partial charge in [0.25, 0.3) is 0 Å². The molecule has 0 radical (unpaired) electrons. The second kappa shape index (κ2) is 5.40. The summed E-state index contributed by atoms with van der Waals surface area (Å²) in [6.45, 7) is 2.81. The average Bonchev–Trinajstić information content (AvgIpc) is 2.91. The van der Waals surface area contributed by atoms with E-state index in [1.807, 2.05) is 13.0 Å². The van der Waals surface area contributed by atoms with E-state index in [9.17, 15) is 4.79 Å². The Hall–Kier alpha value is -1.55. The van der Waals surface area contributed by atoms with Crippen molar-refractivity contribution in [1.29, 1.82) is 0 Å². The highest BCUT2D eigenvalue weighted by Gasteiger charge is 2.26. The predicted molar refractivity (Wildman–Crippen MR) is 69.6 cm³/mol. The summed E-state index contributed by atoms with van der Waals surface area (Å²) in [7, 11) is 3.20. The van der Waals surface area contributed by atoms with Gasteiger partial charge in [-0.3, -0.25) is 4.79 Å². The van der Waals surface area contributed by atoms with Crippen LogP contribution in [0.25, 0.3) is 0 Å². The molecule has 1 aliphatic heterocycles. The van der Waals surface area contributed by atoms with Crippen LogP contribution < -0.4 is 14.8 Å². The quantitative estimate of drug-likeness (QED) is 0.828. The van der Waals surface area contributed by atoms with Crippen LogP contribution in [0.4, 0.5) is 0 Å². The molecule has 4 nitrogen and oxygen atoms in total. The number of ketones is 1. The van der Waals surface area contributed by atoms with Crippen molar-refractivity contribution < 1.29 is 14.3 Å². The lowest BCUT2D eigenvalue weighted by Gasteiger charge is -2.16. The number of Topliss-reactive ketones (excluding diaryl/α,β-unsaturated/α-hetero) is 1. The van der Waals surface area contributed by atoms with E-state index in [-0.39, 0.29) is 11.8 Å². The molecule has 1 atom stereocenters. The summed E-state index contributed by atoms with van der Waals surface area (Å²) in [4.78, 5) is 12.4. The Labute approximate surface area is 107 Å². The van der Waals surface area contributed by atoms with Gasteiger partial charge in [-0.15, -0.1) is 0 Å². The molecule has 1 aromatic carbocycles. The summed E-state index contributed by atoms with van der Waals surface area (Å²) < 4.78 is 10.6. The fourth-order valence-electron chi connectivity index (χ4n) is 2.45. The molecule has 1 aromatic rings. The Kier molecular flexibility index (Phi) is 3.87. The van der Waals surface area contributed by atoms with Crippen LogP contribution >= 0.6 is 0 Å². The zero-order valence-electron chi connectivity index (χ0n) is 11.1. The Morgan fingerprint density at radius 1 is 1.33 bits per heavy atom. The highest BCUT2D eigenvalue weighted by molar-refractivity contribution is 6.03. The van der Waals surface area contributed by atoms with Gasteiger partial charge in [0.15, 0.2) is 5.78 Å². The van der Waals surface area contributed by atoms with Gasteiger partial charge < -0.3 is 14.8 Å². The molecule has 0 spiro atoms. The van der Waals surface area contributed by atoms with Gasteiger partial charge in [0.05, 0.1) is 25.8 Å². The zero-order valence-corrected chi connectivity index (χ0v) is 11.1. The Balaban J connectivity index is 2.37. The highest BCUT2D eigenvalue weighted by atomic mass is 16.5. The summed E-state index contributed by atoms with van der Waals surface area (Å²) in [5, 5.41) is 3.22. The van der Waals surface area contributed by atoms with Crippen LogP contribution in [0, 0.1) is 6.92 Å². The number of hydrogen-bond acceptors (Lipinski definition) is 4. The van der Waals surface area contributed by atoms with E-state index in [1.165, 1.54) is 0 Å². The fourth-order valence-corrected chi connectivity index (χ4v) is 2.45. The highest BCUT2D eigenvalue weighted by Crippen LogP contribution is 2.32. The fraction of sp³-hybridized carbons (Fsp3) is 0.500. The molecular formula is C14H19NO3. The number of hydrogen-bond donors (Lipinski definition) is 1. The molecule has 0 saturated carbocycles. The van der Waals surface area contributed by atoms with Gasteiger partial charge >= 0.3 is 0 Å². The van der Waals surface area contributed by atoms with Crippen LogP contribution in [-0.2, 0) is 0 Å². The second-order valence-electron chi connectivity index (χ2n) is 4.49. The summed E-state index contributed by atoms with van der Waals surface area (Å²) in [5.74, 6) is 1.46. The smallest absolute Gasteiger partial charge is 0.183 e. The average molecular weight is 249 g/mol. The van der Waals surface area contributed by atoms with Crippen LogP contribution in [-0.4, -0.2) is 32.6 Å². The Morgan fingerprint density at radius 3 is 2.67 bits per heavy atom. The first kappa shape index (κ1) is 12.9. The lowest BCUT2D eigenvalue weighted by atomic mass is 9.99. The number of carbonyl (C=O) groups is 1. The number of benzene rings is 1. The van der Waals surface area contributed by atoms with Crippen molar-refractivity contribution >= 4 is 5.78 Å². The van der Waals surface area contributed by atoms with E-state index in [4.69, 9.17) is 9.47 Å².